The maximum Gasteiger partial charge on any atom is 0.139 e. The summed E-state index contributed by atoms with van der Waals surface area (Å²) in [7, 11) is 3.83. The maximum absolute atomic E-state index is 9.67. The van der Waals surface area contributed by atoms with Crippen LogP contribution in [0.1, 0.15) is 5.56 Å². The molecule has 1 rings (SSSR count). The summed E-state index contributed by atoms with van der Waals surface area (Å²) in [5.41, 5.74) is 1.87. The Kier molecular flexibility index (Phi) is 4.01. The van der Waals surface area contributed by atoms with Crippen molar-refractivity contribution in [3.05, 3.63) is 29.8 Å². The molecule has 0 saturated heterocycles. The lowest BCUT2D eigenvalue weighted by atomic mass is 10.1. The van der Waals surface area contributed by atoms with E-state index in [0.29, 0.717) is 5.75 Å². The highest BCUT2D eigenvalue weighted by Crippen LogP contribution is 2.30. The number of hydrogen-bond acceptors (Lipinski definition) is 2. The number of nitrogens with zero attached hydrogens (tertiary/aromatic N) is 1. The van der Waals surface area contributed by atoms with Gasteiger partial charge >= 0.3 is 0 Å². The molecule has 76 valence electrons. The number of allylic oxidation sites excluding steroid dienone is 1. The van der Waals surface area contributed by atoms with Gasteiger partial charge in [0.25, 0.3) is 0 Å². The van der Waals surface area contributed by atoms with Crippen LogP contribution in [0.3, 0.4) is 0 Å². The molecule has 0 fully saturated rings. The van der Waals surface area contributed by atoms with Gasteiger partial charge in [-0.25, -0.2) is 0 Å². The first-order valence-electron chi connectivity index (χ1n) is 4.38. The Morgan fingerprint density at radius 2 is 2.14 bits per heavy atom. The van der Waals surface area contributed by atoms with E-state index in [1.807, 2.05) is 43.3 Å². The highest BCUT2D eigenvalue weighted by molar-refractivity contribution is 9.09. The van der Waals surface area contributed by atoms with E-state index in [9.17, 15) is 5.11 Å². The lowest BCUT2D eigenvalue weighted by molar-refractivity contribution is 0.475. The molecule has 0 aliphatic rings. The molecule has 1 aromatic rings. The van der Waals surface area contributed by atoms with Crippen molar-refractivity contribution in [2.45, 2.75) is 0 Å². The molecule has 0 radical (unpaired) electrons. The molecule has 14 heavy (non-hydrogen) atoms. The van der Waals surface area contributed by atoms with E-state index < -0.39 is 0 Å². The molecular formula is C11H14BrNO. The molecule has 1 aromatic carbocycles. The zero-order chi connectivity index (χ0) is 10.6. The predicted octanol–water partition coefficient (Wildman–Crippen LogP) is 2.87. The number of benzene rings is 1. The van der Waals surface area contributed by atoms with Crippen LogP contribution in [0, 0.1) is 0 Å². The Morgan fingerprint density at radius 1 is 1.43 bits per heavy atom. The first-order chi connectivity index (χ1) is 6.66. The highest BCUT2D eigenvalue weighted by atomic mass is 79.9. The first-order valence-corrected chi connectivity index (χ1v) is 5.50. The molecule has 2 nitrogen and oxygen atoms in total. The second kappa shape index (κ2) is 5.05. The third-order valence-electron chi connectivity index (χ3n) is 1.88. The van der Waals surface area contributed by atoms with Crippen molar-refractivity contribution in [2.75, 3.05) is 24.3 Å². The summed E-state index contributed by atoms with van der Waals surface area (Å²) in [6, 6.07) is 5.52. The normalized spacial score (nSPS) is 10.8. The van der Waals surface area contributed by atoms with E-state index in [1.165, 1.54) is 0 Å². The van der Waals surface area contributed by atoms with E-state index in [2.05, 4.69) is 15.9 Å². The molecule has 1 N–H and O–H groups in total. The first kappa shape index (κ1) is 11.1. The number of anilines is 1. The predicted molar refractivity (Wildman–Crippen MR) is 65.3 cm³/mol. The summed E-state index contributed by atoms with van der Waals surface area (Å²) in [4.78, 5) is 1.91. The third kappa shape index (κ3) is 2.51. The lowest BCUT2D eigenvalue weighted by Gasteiger charge is -2.16. The van der Waals surface area contributed by atoms with Gasteiger partial charge < -0.3 is 10.0 Å². The monoisotopic (exact) mass is 255 g/mol. The number of aromatic hydroxyl groups is 1. The average Bonchev–Trinajstić information content (AvgIpc) is 2.14. The molecule has 0 atom stereocenters. The summed E-state index contributed by atoms with van der Waals surface area (Å²) in [6.45, 7) is 0. The van der Waals surface area contributed by atoms with Gasteiger partial charge in [-0.3, -0.25) is 0 Å². The SMILES string of the molecule is CN(C)c1c(O)cccc1/C=C/CBr. The van der Waals surface area contributed by atoms with Crippen molar-refractivity contribution in [3.63, 3.8) is 0 Å². The van der Waals surface area contributed by atoms with Crippen LogP contribution < -0.4 is 4.90 Å². The fourth-order valence-corrected chi connectivity index (χ4v) is 1.53. The molecular weight excluding hydrogens is 242 g/mol. The van der Waals surface area contributed by atoms with Gasteiger partial charge in [-0.05, 0) is 6.07 Å². The van der Waals surface area contributed by atoms with Gasteiger partial charge in [0.1, 0.15) is 5.75 Å². The molecule has 0 heterocycles. The van der Waals surface area contributed by atoms with Crippen LogP contribution in [0.25, 0.3) is 6.08 Å². The number of para-hydroxylation sites is 1. The van der Waals surface area contributed by atoms with Crippen LogP contribution in [0.2, 0.25) is 0 Å². The largest absolute Gasteiger partial charge is 0.506 e. The van der Waals surface area contributed by atoms with Crippen LogP contribution in [0.5, 0.6) is 5.75 Å². The second-order valence-corrected chi connectivity index (χ2v) is 3.81. The minimum atomic E-state index is 0.312. The second-order valence-electron chi connectivity index (χ2n) is 3.17. The van der Waals surface area contributed by atoms with Crippen LogP contribution in [0.4, 0.5) is 5.69 Å². The van der Waals surface area contributed by atoms with Gasteiger partial charge in [0.05, 0.1) is 5.69 Å². The Balaban J connectivity index is 3.14. The molecule has 0 spiro atoms. The summed E-state index contributed by atoms with van der Waals surface area (Å²) in [6.07, 6.45) is 3.99. The van der Waals surface area contributed by atoms with Crippen LogP contribution in [-0.2, 0) is 0 Å². The standard InChI is InChI=1S/C11H14BrNO/c1-13(2)11-9(6-4-8-12)5-3-7-10(11)14/h3-7,14H,8H2,1-2H3/b6-4+. The molecule has 0 bridgehead atoms. The van der Waals surface area contributed by atoms with Gasteiger partial charge in [0, 0.05) is 25.0 Å². The molecule has 0 aliphatic carbocycles. The number of hydrogen-bond donors (Lipinski definition) is 1. The van der Waals surface area contributed by atoms with Gasteiger partial charge in [0.15, 0.2) is 0 Å². The highest BCUT2D eigenvalue weighted by Gasteiger charge is 2.06. The number of phenols is 1. The maximum atomic E-state index is 9.67. The van der Waals surface area contributed by atoms with Gasteiger partial charge in [0.2, 0.25) is 0 Å². The smallest absolute Gasteiger partial charge is 0.139 e. The molecule has 0 saturated carbocycles. The fraction of sp³-hybridized carbons (Fsp3) is 0.273. The number of alkyl halides is 1. The summed E-state index contributed by atoms with van der Waals surface area (Å²) >= 11 is 3.32. The quantitative estimate of drug-likeness (QED) is 0.840. The van der Waals surface area contributed by atoms with Crippen LogP contribution >= 0.6 is 15.9 Å². The zero-order valence-corrected chi connectivity index (χ0v) is 9.95. The van der Waals surface area contributed by atoms with E-state index in [0.717, 1.165) is 16.6 Å². The number of halogens is 1. The van der Waals surface area contributed by atoms with E-state index in [-0.39, 0.29) is 0 Å². The fourth-order valence-electron chi connectivity index (χ4n) is 1.34. The van der Waals surface area contributed by atoms with Gasteiger partial charge in [-0.1, -0.05) is 40.2 Å². The van der Waals surface area contributed by atoms with Crippen molar-refractivity contribution in [2.24, 2.45) is 0 Å². The summed E-state index contributed by atoms with van der Waals surface area (Å²) < 4.78 is 0. The Bertz CT molecular complexity index is 334. The van der Waals surface area contributed by atoms with Crippen molar-refractivity contribution in [1.29, 1.82) is 0 Å². The Morgan fingerprint density at radius 3 is 2.71 bits per heavy atom. The minimum absolute atomic E-state index is 0.312. The average molecular weight is 256 g/mol. The number of phenolic OH excluding ortho intramolecular Hbond substituents is 1. The van der Waals surface area contributed by atoms with Crippen molar-refractivity contribution < 1.29 is 5.11 Å². The summed E-state index contributed by atoms with van der Waals surface area (Å²) in [5.74, 6) is 0.312. The van der Waals surface area contributed by atoms with Gasteiger partial charge in [-0.2, -0.15) is 0 Å². The molecule has 0 aromatic heterocycles. The molecule has 0 amide bonds. The van der Waals surface area contributed by atoms with Crippen LogP contribution in [0.15, 0.2) is 24.3 Å². The van der Waals surface area contributed by atoms with E-state index >= 15 is 0 Å². The zero-order valence-electron chi connectivity index (χ0n) is 8.37. The van der Waals surface area contributed by atoms with Gasteiger partial charge in [-0.15, -0.1) is 0 Å². The van der Waals surface area contributed by atoms with E-state index in [4.69, 9.17) is 0 Å². The van der Waals surface area contributed by atoms with E-state index in [1.54, 1.807) is 6.07 Å². The Labute approximate surface area is 93.0 Å². The van der Waals surface area contributed by atoms with Crippen molar-refractivity contribution >= 4 is 27.7 Å². The number of rotatable bonds is 3. The minimum Gasteiger partial charge on any atom is -0.506 e. The topological polar surface area (TPSA) is 23.5 Å². The van der Waals surface area contributed by atoms with Crippen LogP contribution in [-0.4, -0.2) is 24.5 Å². The molecule has 3 heteroatoms. The molecule has 0 aliphatic heterocycles. The third-order valence-corrected chi connectivity index (χ3v) is 2.25. The molecule has 0 unspecified atom stereocenters. The lowest BCUT2D eigenvalue weighted by Crippen LogP contribution is -2.10. The van der Waals surface area contributed by atoms with Crippen molar-refractivity contribution in [1.82, 2.24) is 0 Å². The Hall–Kier alpha value is -0.960. The summed E-state index contributed by atoms with van der Waals surface area (Å²) in [5, 5.41) is 10.5. The van der Waals surface area contributed by atoms with Crippen molar-refractivity contribution in [3.8, 4) is 5.75 Å².